The van der Waals surface area contributed by atoms with E-state index in [1.54, 1.807) is 48.7 Å². The van der Waals surface area contributed by atoms with Gasteiger partial charge in [0, 0.05) is 30.7 Å². The first-order valence-corrected chi connectivity index (χ1v) is 13.6. The number of nitrogens with two attached hydrogens (primary N) is 1. The largest absolute Gasteiger partial charge is 0.458 e. The maximum Gasteiger partial charge on any atom is 0.244 e. The molecule has 1 amide bonds. The van der Waals surface area contributed by atoms with Crippen molar-refractivity contribution in [2.45, 2.75) is 24.0 Å². The molecule has 4 aromatic rings. The number of furan rings is 1. The molecule has 0 aliphatic carbocycles. The van der Waals surface area contributed by atoms with Crippen molar-refractivity contribution in [3.8, 4) is 11.1 Å². The highest BCUT2D eigenvalue weighted by Crippen LogP contribution is 2.34. The van der Waals surface area contributed by atoms with Gasteiger partial charge in [-0.05, 0) is 71.7 Å². The molecule has 1 aliphatic rings. The molecule has 196 valence electrons. The molecule has 8 nitrogen and oxygen atoms in total. The number of rotatable bonds is 7. The summed E-state index contributed by atoms with van der Waals surface area (Å²) in [5.41, 5.74) is 8.32. The Morgan fingerprint density at radius 1 is 1.18 bits per heavy atom. The first kappa shape index (κ1) is 25.9. The monoisotopic (exact) mass is 554 g/mol. The third-order valence-corrected chi connectivity index (χ3v) is 8.37. The van der Waals surface area contributed by atoms with Crippen LogP contribution in [0, 0.1) is 0 Å². The topological polar surface area (TPSA) is 119 Å². The van der Waals surface area contributed by atoms with Crippen LogP contribution in [0.2, 0.25) is 5.02 Å². The van der Waals surface area contributed by atoms with E-state index in [9.17, 15) is 17.6 Å². The number of hydrogen-bond acceptors (Lipinski definition) is 6. The second-order valence-corrected chi connectivity index (χ2v) is 11.3. The van der Waals surface area contributed by atoms with E-state index in [1.807, 2.05) is 6.07 Å². The fraction of sp³-hybridized carbons (Fsp3) is 0.185. The third-order valence-electron chi connectivity index (χ3n) is 6.21. The van der Waals surface area contributed by atoms with E-state index >= 15 is 0 Å². The van der Waals surface area contributed by atoms with E-state index < -0.39 is 16.2 Å². The SMILES string of the molecule is Nc1ccc(C=CC(=O)NCc2cc3cc(-c4ccc(S(=O)(=O)N5CC[C@H](F)C5)cc4)cc(Cl)c3o2)cn1. The minimum absolute atomic E-state index is 0.115. The number of pyridine rings is 1. The van der Waals surface area contributed by atoms with Crippen LogP contribution in [0.25, 0.3) is 28.2 Å². The van der Waals surface area contributed by atoms with Gasteiger partial charge in [0.15, 0.2) is 5.58 Å². The fourth-order valence-corrected chi connectivity index (χ4v) is 5.96. The second-order valence-electron chi connectivity index (χ2n) is 8.93. The Morgan fingerprint density at radius 3 is 2.66 bits per heavy atom. The van der Waals surface area contributed by atoms with Gasteiger partial charge in [-0.1, -0.05) is 23.7 Å². The number of nitrogen functional groups attached to an aromatic ring is 1. The van der Waals surface area contributed by atoms with E-state index in [0.717, 1.165) is 22.1 Å². The summed E-state index contributed by atoms with van der Waals surface area (Å²) in [7, 11) is -3.74. The van der Waals surface area contributed by atoms with E-state index in [4.69, 9.17) is 21.8 Å². The quantitative estimate of drug-likeness (QED) is 0.317. The number of fused-ring (bicyclic) bond motifs is 1. The van der Waals surface area contributed by atoms with Crippen molar-refractivity contribution in [3.63, 3.8) is 0 Å². The average Bonchev–Trinajstić information content (AvgIpc) is 3.54. The third kappa shape index (κ3) is 5.57. The number of halogens is 2. The van der Waals surface area contributed by atoms with Gasteiger partial charge in [0.1, 0.15) is 17.7 Å². The number of anilines is 1. The highest BCUT2D eigenvalue weighted by atomic mass is 35.5. The van der Waals surface area contributed by atoms with Crippen LogP contribution in [-0.4, -0.2) is 42.9 Å². The molecule has 0 saturated carbocycles. The maximum atomic E-state index is 13.5. The minimum Gasteiger partial charge on any atom is -0.458 e. The van der Waals surface area contributed by atoms with Crippen LogP contribution in [0.4, 0.5) is 10.2 Å². The number of sulfonamides is 1. The molecular formula is C27H24ClFN4O4S. The number of alkyl halides is 1. The normalized spacial score (nSPS) is 16.4. The van der Waals surface area contributed by atoms with Gasteiger partial charge in [0.25, 0.3) is 0 Å². The van der Waals surface area contributed by atoms with Gasteiger partial charge in [0.05, 0.1) is 16.5 Å². The van der Waals surface area contributed by atoms with Gasteiger partial charge >= 0.3 is 0 Å². The van der Waals surface area contributed by atoms with Crippen LogP contribution < -0.4 is 11.1 Å². The molecule has 1 atom stereocenters. The molecule has 1 saturated heterocycles. The predicted octanol–water partition coefficient (Wildman–Crippen LogP) is 4.79. The average molecular weight is 555 g/mol. The molecule has 0 spiro atoms. The zero-order chi connectivity index (χ0) is 26.9. The molecule has 3 heterocycles. The molecule has 11 heteroatoms. The Hall–Kier alpha value is -3.73. The van der Waals surface area contributed by atoms with Crippen molar-refractivity contribution in [1.82, 2.24) is 14.6 Å². The summed E-state index contributed by atoms with van der Waals surface area (Å²) in [4.78, 5) is 16.3. The van der Waals surface area contributed by atoms with Crippen molar-refractivity contribution >= 4 is 50.4 Å². The number of benzene rings is 2. The second kappa shape index (κ2) is 10.6. The summed E-state index contributed by atoms with van der Waals surface area (Å²) in [5, 5.41) is 3.88. The Labute approximate surface area is 224 Å². The van der Waals surface area contributed by atoms with Gasteiger partial charge in [-0.2, -0.15) is 4.31 Å². The number of hydrogen-bond donors (Lipinski definition) is 2. The highest BCUT2D eigenvalue weighted by Gasteiger charge is 2.32. The van der Waals surface area contributed by atoms with Crippen molar-refractivity contribution < 1.29 is 22.0 Å². The van der Waals surface area contributed by atoms with E-state index in [1.165, 1.54) is 22.5 Å². The summed E-state index contributed by atoms with van der Waals surface area (Å²) in [6.45, 7) is 0.222. The van der Waals surface area contributed by atoms with Gasteiger partial charge in [-0.15, -0.1) is 0 Å². The van der Waals surface area contributed by atoms with Crippen molar-refractivity contribution in [3.05, 3.63) is 83.2 Å². The molecule has 1 aliphatic heterocycles. The fourth-order valence-electron chi connectivity index (χ4n) is 4.21. The van der Waals surface area contributed by atoms with E-state index in [0.29, 0.717) is 22.2 Å². The molecule has 2 aromatic carbocycles. The number of nitrogens with one attached hydrogen (secondary N) is 1. The maximum absolute atomic E-state index is 13.5. The minimum atomic E-state index is -3.74. The summed E-state index contributed by atoms with van der Waals surface area (Å²) in [6.07, 6.45) is 3.67. The lowest BCUT2D eigenvalue weighted by Gasteiger charge is -2.15. The lowest BCUT2D eigenvalue weighted by molar-refractivity contribution is -0.116. The molecule has 2 aromatic heterocycles. The molecule has 1 fully saturated rings. The van der Waals surface area contributed by atoms with Crippen LogP contribution in [-0.2, 0) is 21.4 Å². The standard InChI is InChI=1S/C27H24ClFN4O4S/c28-24-13-19(18-3-5-23(6-4-18)38(35,36)33-10-9-21(29)16-33)11-20-12-22(37-27(20)24)15-32-26(34)8-2-17-1-7-25(30)31-14-17/h1-8,11-14,21H,9-10,15-16H2,(H2,30,31)(H,32,34)/t21-/m0/s1. The Bertz CT molecular complexity index is 1620. The Balaban J connectivity index is 1.28. The van der Waals surface area contributed by atoms with Crippen LogP contribution in [0.1, 0.15) is 17.7 Å². The number of nitrogens with zero attached hydrogens (tertiary/aromatic N) is 2. The van der Waals surface area contributed by atoms with Crippen LogP contribution in [0.5, 0.6) is 0 Å². The smallest absolute Gasteiger partial charge is 0.244 e. The van der Waals surface area contributed by atoms with Crippen molar-refractivity contribution in [2.75, 3.05) is 18.8 Å². The van der Waals surface area contributed by atoms with Crippen molar-refractivity contribution in [1.29, 1.82) is 0 Å². The zero-order valence-corrected chi connectivity index (χ0v) is 21.7. The molecule has 3 N–H and O–H groups in total. The highest BCUT2D eigenvalue weighted by molar-refractivity contribution is 7.89. The van der Waals surface area contributed by atoms with E-state index in [-0.39, 0.29) is 36.9 Å². The summed E-state index contributed by atoms with van der Waals surface area (Å²) >= 11 is 6.48. The lowest BCUT2D eigenvalue weighted by atomic mass is 10.0. The first-order valence-electron chi connectivity index (χ1n) is 11.8. The number of carbonyl (C=O) groups excluding carboxylic acids is 1. The molecule has 0 unspecified atom stereocenters. The van der Waals surface area contributed by atoms with E-state index in [2.05, 4.69) is 10.3 Å². The van der Waals surface area contributed by atoms with Crippen LogP contribution in [0.15, 0.2) is 76.2 Å². The van der Waals surface area contributed by atoms with Gasteiger partial charge in [-0.3, -0.25) is 4.79 Å². The summed E-state index contributed by atoms with van der Waals surface area (Å²) < 4.78 is 46.1. The van der Waals surface area contributed by atoms with Crippen molar-refractivity contribution in [2.24, 2.45) is 0 Å². The van der Waals surface area contributed by atoms with Crippen LogP contribution in [0.3, 0.4) is 0 Å². The summed E-state index contributed by atoms with van der Waals surface area (Å²) in [5.74, 6) is 0.617. The Morgan fingerprint density at radius 2 is 1.97 bits per heavy atom. The van der Waals surface area contributed by atoms with Gasteiger partial charge in [0.2, 0.25) is 15.9 Å². The number of aromatic nitrogens is 1. The Kier molecular flexibility index (Phi) is 7.20. The molecular weight excluding hydrogens is 531 g/mol. The van der Waals surface area contributed by atoms with Crippen LogP contribution >= 0.6 is 11.6 Å². The molecule has 0 radical (unpaired) electrons. The van der Waals surface area contributed by atoms with Gasteiger partial charge < -0.3 is 15.5 Å². The molecule has 0 bridgehead atoms. The number of carbonyl (C=O) groups is 1. The predicted molar refractivity (Wildman–Crippen MR) is 144 cm³/mol. The van der Waals surface area contributed by atoms with Gasteiger partial charge in [-0.25, -0.2) is 17.8 Å². The summed E-state index contributed by atoms with van der Waals surface area (Å²) in [6, 6.07) is 15.2. The molecule has 38 heavy (non-hydrogen) atoms. The zero-order valence-electron chi connectivity index (χ0n) is 20.1. The first-order chi connectivity index (χ1) is 18.2. The molecule has 5 rings (SSSR count). The number of amides is 1. The lowest BCUT2D eigenvalue weighted by Crippen LogP contribution is -2.29.